The summed E-state index contributed by atoms with van der Waals surface area (Å²) in [5, 5.41) is 22.4. The number of tetrazole rings is 1. The third-order valence-corrected chi connectivity index (χ3v) is 5.25. The zero-order chi connectivity index (χ0) is 20.7. The molecule has 0 amide bonds. The van der Waals surface area contributed by atoms with Gasteiger partial charge in [0.2, 0.25) is 5.95 Å². The summed E-state index contributed by atoms with van der Waals surface area (Å²) in [6, 6.07) is 14.4. The molecule has 2 aromatic heterocycles. The summed E-state index contributed by atoms with van der Waals surface area (Å²) in [5.74, 6) is 1.10. The van der Waals surface area contributed by atoms with E-state index >= 15 is 0 Å². The Morgan fingerprint density at radius 2 is 1.97 bits per heavy atom. The van der Waals surface area contributed by atoms with Gasteiger partial charge >= 0.3 is 0 Å². The molecule has 0 saturated carbocycles. The van der Waals surface area contributed by atoms with Crippen LogP contribution in [-0.4, -0.2) is 37.0 Å². The average molecular weight is 422 g/mol. The molecule has 10 heteroatoms. The van der Waals surface area contributed by atoms with Gasteiger partial charge in [0, 0.05) is 21.7 Å². The molecule has 2 aromatic carbocycles. The molecular formula is C20H16ClN7O2. The van der Waals surface area contributed by atoms with Crippen LogP contribution in [0, 0.1) is 0 Å². The fourth-order valence-electron chi connectivity index (χ4n) is 3.62. The molecule has 0 aliphatic carbocycles. The molecule has 1 aliphatic rings. The van der Waals surface area contributed by atoms with Crippen LogP contribution in [0.2, 0.25) is 5.02 Å². The van der Waals surface area contributed by atoms with Crippen LogP contribution in [0.1, 0.15) is 24.1 Å². The maximum atomic E-state index is 12.7. The van der Waals surface area contributed by atoms with E-state index in [0.29, 0.717) is 34.5 Å². The van der Waals surface area contributed by atoms with E-state index in [1.165, 1.54) is 0 Å². The lowest BCUT2D eigenvalue weighted by Crippen LogP contribution is -2.29. The number of hydrogen-bond acceptors (Lipinski definition) is 7. The molecule has 4 aromatic rings. The second kappa shape index (κ2) is 7.27. The minimum absolute atomic E-state index is 0.334. The van der Waals surface area contributed by atoms with Crippen LogP contribution in [0.3, 0.4) is 0 Å². The first-order valence-electron chi connectivity index (χ1n) is 9.32. The summed E-state index contributed by atoms with van der Waals surface area (Å²) in [6.07, 6.45) is 0. The van der Waals surface area contributed by atoms with E-state index in [0.717, 1.165) is 16.9 Å². The summed E-state index contributed by atoms with van der Waals surface area (Å²) in [5.41, 5.74) is 2.76. The average Bonchev–Trinajstić information content (AvgIpc) is 3.23. The van der Waals surface area contributed by atoms with Gasteiger partial charge in [-0.1, -0.05) is 34.9 Å². The van der Waals surface area contributed by atoms with Crippen molar-refractivity contribution in [1.82, 2.24) is 30.4 Å². The maximum Gasteiger partial charge on any atom is 0.288 e. The van der Waals surface area contributed by atoms with Crippen LogP contribution >= 0.6 is 11.6 Å². The Morgan fingerprint density at radius 3 is 2.73 bits per heavy atom. The summed E-state index contributed by atoms with van der Waals surface area (Å²) in [4.78, 5) is 12.7. The Bertz CT molecular complexity index is 1280. The smallest absolute Gasteiger partial charge is 0.288 e. The quantitative estimate of drug-likeness (QED) is 0.458. The number of anilines is 2. The minimum Gasteiger partial charge on any atom is -0.494 e. The highest BCUT2D eigenvalue weighted by Gasteiger charge is 2.35. The standard InChI is InChI=1S/C20H16ClN7O2/c1-2-30-12-9-7-11(8-10-12)16-15-17(19(29)24-23-16)22-20-25-26-27-28(20)18(15)13-5-3-4-6-14(13)21/h3-10,18H,2H2,1H3,(H,24,29)(H,22,25,27)/t18-/m0/s1. The van der Waals surface area contributed by atoms with Crippen molar-refractivity contribution in [2.75, 3.05) is 11.9 Å². The number of nitrogens with zero attached hydrogens (tertiary/aromatic N) is 5. The van der Waals surface area contributed by atoms with Crippen molar-refractivity contribution >= 4 is 23.2 Å². The number of nitrogens with one attached hydrogen (secondary N) is 2. The summed E-state index contributed by atoms with van der Waals surface area (Å²) in [7, 11) is 0. The fraction of sp³-hybridized carbons (Fsp3) is 0.150. The van der Waals surface area contributed by atoms with Crippen molar-refractivity contribution in [3.63, 3.8) is 0 Å². The zero-order valence-corrected chi connectivity index (χ0v) is 16.6. The monoisotopic (exact) mass is 421 g/mol. The van der Waals surface area contributed by atoms with Crippen molar-refractivity contribution in [1.29, 1.82) is 0 Å². The summed E-state index contributed by atoms with van der Waals surface area (Å²) in [6.45, 7) is 2.50. The second-order valence-corrected chi connectivity index (χ2v) is 7.05. The molecular weight excluding hydrogens is 406 g/mol. The van der Waals surface area contributed by atoms with E-state index in [1.807, 2.05) is 49.4 Å². The van der Waals surface area contributed by atoms with Crippen molar-refractivity contribution < 1.29 is 4.74 Å². The van der Waals surface area contributed by atoms with Crippen molar-refractivity contribution in [3.8, 4) is 17.0 Å². The Morgan fingerprint density at radius 1 is 1.17 bits per heavy atom. The highest BCUT2D eigenvalue weighted by Crippen LogP contribution is 2.42. The van der Waals surface area contributed by atoms with Gasteiger partial charge in [0.05, 0.1) is 12.3 Å². The van der Waals surface area contributed by atoms with Crippen LogP contribution in [0.15, 0.2) is 53.3 Å². The molecule has 1 atom stereocenters. The van der Waals surface area contributed by atoms with Gasteiger partial charge in [0.25, 0.3) is 5.56 Å². The Balaban J connectivity index is 1.76. The first kappa shape index (κ1) is 18.3. The largest absolute Gasteiger partial charge is 0.494 e. The predicted octanol–water partition coefficient (Wildman–Crippen LogP) is 3.17. The van der Waals surface area contributed by atoms with Gasteiger partial charge < -0.3 is 10.1 Å². The first-order chi connectivity index (χ1) is 14.7. The van der Waals surface area contributed by atoms with Gasteiger partial charge in [0.15, 0.2) is 0 Å². The lowest BCUT2D eigenvalue weighted by Gasteiger charge is -2.28. The van der Waals surface area contributed by atoms with Crippen LogP contribution in [0.25, 0.3) is 11.3 Å². The Kier molecular flexibility index (Phi) is 4.44. The van der Waals surface area contributed by atoms with Crippen molar-refractivity contribution in [2.45, 2.75) is 13.0 Å². The number of halogens is 1. The Hall–Kier alpha value is -3.72. The predicted molar refractivity (Wildman–Crippen MR) is 111 cm³/mol. The Labute approximate surface area is 175 Å². The number of hydrogen-bond donors (Lipinski definition) is 2. The normalized spacial score (nSPS) is 14.5. The van der Waals surface area contributed by atoms with E-state index in [9.17, 15) is 4.79 Å². The highest BCUT2D eigenvalue weighted by atomic mass is 35.5. The number of H-pyrrole nitrogens is 1. The SMILES string of the molecule is CCOc1ccc(-c2n[nH]c(=O)c3c2[C@H](c2ccccc2Cl)n2nnnc2N3)cc1. The number of benzene rings is 2. The molecule has 0 unspecified atom stereocenters. The molecule has 1 aliphatic heterocycles. The number of aromatic nitrogens is 6. The number of rotatable bonds is 4. The molecule has 0 bridgehead atoms. The van der Waals surface area contributed by atoms with Gasteiger partial charge in [-0.05, 0) is 47.7 Å². The molecule has 9 nitrogen and oxygen atoms in total. The van der Waals surface area contributed by atoms with Gasteiger partial charge in [-0.3, -0.25) is 4.79 Å². The van der Waals surface area contributed by atoms with Gasteiger partial charge in [0.1, 0.15) is 17.5 Å². The number of aromatic amines is 1. The van der Waals surface area contributed by atoms with Crippen LogP contribution in [0.5, 0.6) is 5.75 Å². The fourth-order valence-corrected chi connectivity index (χ4v) is 3.86. The molecule has 150 valence electrons. The maximum absolute atomic E-state index is 12.7. The van der Waals surface area contributed by atoms with E-state index in [4.69, 9.17) is 16.3 Å². The van der Waals surface area contributed by atoms with Gasteiger partial charge in [-0.15, -0.1) is 0 Å². The molecule has 2 N–H and O–H groups in total. The molecule has 0 radical (unpaired) electrons. The number of ether oxygens (including phenoxy) is 1. The molecule has 0 saturated heterocycles. The molecule has 30 heavy (non-hydrogen) atoms. The molecule has 0 spiro atoms. The van der Waals surface area contributed by atoms with E-state index in [2.05, 4.69) is 31.0 Å². The van der Waals surface area contributed by atoms with Crippen molar-refractivity contribution in [2.24, 2.45) is 0 Å². The van der Waals surface area contributed by atoms with Gasteiger partial charge in [-0.2, -0.15) is 9.78 Å². The molecule has 5 rings (SSSR count). The lowest BCUT2D eigenvalue weighted by molar-refractivity contribution is 0.340. The van der Waals surface area contributed by atoms with Crippen LogP contribution < -0.4 is 15.6 Å². The van der Waals surface area contributed by atoms with Gasteiger partial charge in [-0.25, -0.2) is 5.10 Å². The number of fused-ring (bicyclic) bond motifs is 2. The zero-order valence-electron chi connectivity index (χ0n) is 15.8. The summed E-state index contributed by atoms with van der Waals surface area (Å²) >= 11 is 6.53. The topological polar surface area (TPSA) is 111 Å². The third kappa shape index (κ3) is 2.91. The van der Waals surface area contributed by atoms with Crippen LogP contribution in [0.4, 0.5) is 11.6 Å². The summed E-state index contributed by atoms with van der Waals surface area (Å²) < 4.78 is 7.13. The van der Waals surface area contributed by atoms with E-state index in [-0.39, 0.29) is 5.56 Å². The molecule has 0 fully saturated rings. The molecule has 3 heterocycles. The lowest BCUT2D eigenvalue weighted by atomic mass is 9.92. The highest BCUT2D eigenvalue weighted by molar-refractivity contribution is 6.31. The van der Waals surface area contributed by atoms with E-state index in [1.54, 1.807) is 10.7 Å². The first-order valence-corrected chi connectivity index (χ1v) is 9.70. The van der Waals surface area contributed by atoms with E-state index < -0.39 is 6.04 Å². The van der Waals surface area contributed by atoms with Crippen LogP contribution in [-0.2, 0) is 0 Å². The van der Waals surface area contributed by atoms with Crippen molar-refractivity contribution in [3.05, 3.63) is 75.0 Å². The minimum atomic E-state index is -0.531. The third-order valence-electron chi connectivity index (χ3n) is 4.91. The second-order valence-electron chi connectivity index (χ2n) is 6.64.